The van der Waals surface area contributed by atoms with E-state index in [1.165, 1.54) is 44.9 Å². The molecule has 0 amide bonds. The van der Waals surface area contributed by atoms with Crippen molar-refractivity contribution < 1.29 is 4.79 Å². The normalized spacial score (nSPS) is 43.2. The Balaban J connectivity index is 1.44. The maximum atomic E-state index is 13.3. The van der Waals surface area contributed by atoms with Crippen molar-refractivity contribution in [2.75, 3.05) is 0 Å². The fraction of sp³-hybridized carbons (Fsp3) is 0.654. The van der Waals surface area contributed by atoms with Gasteiger partial charge in [-0.15, -0.1) is 0 Å². The van der Waals surface area contributed by atoms with Gasteiger partial charge in [0.05, 0.1) is 0 Å². The first kappa shape index (κ1) is 17.7. The molecular formula is C26H34O. The molecule has 1 heteroatoms. The Labute approximate surface area is 164 Å². The van der Waals surface area contributed by atoms with Crippen LogP contribution in [0.3, 0.4) is 0 Å². The second kappa shape index (κ2) is 6.06. The summed E-state index contributed by atoms with van der Waals surface area (Å²) in [6.45, 7) is 7.44. The van der Waals surface area contributed by atoms with Gasteiger partial charge in [-0.25, -0.2) is 0 Å². The van der Waals surface area contributed by atoms with Crippen molar-refractivity contribution in [3.05, 3.63) is 47.0 Å². The molecule has 0 radical (unpaired) electrons. The molecular weight excluding hydrogens is 328 g/mol. The topological polar surface area (TPSA) is 17.1 Å². The van der Waals surface area contributed by atoms with Gasteiger partial charge in [-0.3, -0.25) is 4.79 Å². The molecule has 0 saturated heterocycles. The summed E-state index contributed by atoms with van der Waals surface area (Å²) in [4.78, 5) is 13.3. The van der Waals surface area contributed by atoms with Gasteiger partial charge in [0.25, 0.3) is 0 Å². The second-order valence-corrected chi connectivity index (χ2v) is 10.5. The molecule has 0 unspecified atom stereocenters. The Morgan fingerprint density at radius 3 is 2.48 bits per heavy atom. The molecule has 0 N–H and O–H groups in total. The molecule has 0 bridgehead atoms. The zero-order valence-electron chi connectivity index (χ0n) is 17.3. The molecule has 4 aliphatic rings. The van der Waals surface area contributed by atoms with Crippen LogP contribution in [-0.4, -0.2) is 5.78 Å². The maximum absolute atomic E-state index is 13.3. The van der Waals surface area contributed by atoms with Crippen molar-refractivity contribution in [3.63, 3.8) is 0 Å². The highest BCUT2D eigenvalue weighted by molar-refractivity contribution is 5.98. The summed E-state index contributed by atoms with van der Waals surface area (Å²) in [5.74, 6) is 3.12. The lowest BCUT2D eigenvalue weighted by molar-refractivity contribution is -0.0412. The van der Waals surface area contributed by atoms with E-state index in [9.17, 15) is 4.79 Å². The van der Waals surface area contributed by atoms with Crippen LogP contribution in [0.1, 0.15) is 82.5 Å². The number of Topliss-reactive ketones (excluding diaryl/α,β-unsaturated/α-hetero) is 1. The van der Waals surface area contributed by atoms with Crippen LogP contribution >= 0.6 is 0 Å². The first-order valence-electron chi connectivity index (χ1n) is 11.2. The molecule has 0 aliphatic heterocycles. The number of carbonyl (C=O) groups excluding carboxylic acids is 1. The van der Waals surface area contributed by atoms with E-state index in [0.717, 1.165) is 29.7 Å². The predicted octanol–water partition coefficient (Wildman–Crippen LogP) is 6.84. The molecule has 4 aliphatic carbocycles. The summed E-state index contributed by atoms with van der Waals surface area (Å²) in [5, 5.41) is 0. The van der Waals surface area contributed by atoms with Gasteiger partial charge in [-0.1, -0.05) is 55.3 Å². The molecule has 1 nitrogen and oxygen atoms in total. The molecule has 1 aromatic carbocycles. The minimum absolute atomic E-state index is 0.222. The van der Waals surface area contributed by atoms with Gasteiger partial charge >= 0.3 is 0 Å². The summed E-state index contributed by atoms with van der Waals surface area (Å²) in [7, 11) is 0. The molecule has 0 spiro atoms. The van der Waals surface area contributed by atoms with E-state index in [-0.39, 0.29) is 11.3 Å². The zero-order chi connectivity index (χ0) is 18.8. The van der Waals surface area contributed by atoms with Crippen molar-refractivity contribution in [1.29, 1.82) is 0 Å². The number of benzene rings is 1. The zero-order valence-corrected chi connectivity index (χ0v) is 17.3. The summed E-state index contributed by atoms with van der Waals surface area (Å²) in [6, 6.07) is 10.1. The molecule has 1 aromatic rings. The van der Waals surface area contributed by atoms with Gasteiger partial charge in [0.15, 0.2) is 5.78 Å². The highest BCUT2D eigenvalue weighted by atomic mass is 16.1. The van der Waals surface area contributed by atoms with E-state index >= 15 is 0 Å². The van der Waals surface area contributed by atoms with Crippen LogP contribution in [0.25, 0.3) is 0 Å². The lowest BCUT2D eigenvalue weighted by Crippen LogP contribution is -2.49. The van der Waals surface area contributed by atoms with Crippen LogP contribution in [0.15, 0.2) is 41.5 Å². The maximum Gasteiger partial charge on any atom is 0.166 e. The molecule has 6 atom stereocenters. The van der Waals surface area contributed by atoms with E-state index in [0.29, 0.717) is 11.2 Å². The Kier molecular flexibility index (Phi) is 3.98. The number of hydrogen-bond donors (Lipinski definition) is 0. The summed E-state index contributed by atoms with van der Waals surface area (Å²) >= 11 is 0. The standard InChI is InChI=1S/C26H34O/c1-17-13-15-25(2)20(17)10-9-19-21-11-12-23(26(21,3)16-14-22(19)25)24(27)18-7-5-4-6-8-18/h4-8,19,21-23H,9-16H2,1-3H3/t19-,21-,22-,23+,25-,26-/m0/s1. The minimum Gasteiger partial charge on any atom is -0.294 e. The van der Waals surface area contributed by atoms with Gasteiger partial charge in [-0.2, -0.15) is 0 Å². The fourth-order valence-corrected chi connectivity index (χ4v) is 8.17. The first-order chi connectivity index (χ1) is 12.9. The van der Waals surface area contributed by atoms with Crippen LogP contribution in [0.4, 0.5) is 0 Å². The van der Waals surface area contributed by atoms with Gasteiger partial charge in [0.2, 0.25) is 0 Å². The molecule has 0 heterocycles. The summed E-state index contributed by atoms with van der Waals surface area (Å²) < 4.78 is 0. The average molecular weight is 363 g/mol. The fourth-order valence-electron chi connectivity index (χ4n) is 8.17. The van der Waals surface area contributed by atoms with Crippen LogP contribution in [0.2, 0.25) is 0 Å². The van der Waals surface area contributed by atoms with Gasteiger partial charge in [-0.05, 0) is 86.9 Å². The third kappa shape index (κ3) is 2.39. The third-order valence-electron chi connectivity index (χ3n) is 9.58. The van der Waals surface area contributed by atoms with E-state index in [1.807, 2.05) is 35.9 Å². The molecule has 27 heavy (non-hydrogen) atoms. The number of ketones is 1. The van der Waals surface area contributed by atoms with Gasteiger partial charge < -0.3 is 0 Å². The van der Waals surface area contributed by atoms with Crippen LogP contribution in [0.5, 0.6) is 0 Å². The Morgan fingerprint density at radius 2 is 1.70 bits per heavy atom. The van der Waals surface area contributed by atoms with Crippen molar-refractivity contribution in [3.8, 4) is 0 Å². The lowest BCUT2D eigenvalue weighted by Gasteiger charge is -2.56. The Hall–Kier alpha value is -1.37. The van der Waals surface area contributed by atoms with Crippen LogP contribution < -0.4 is 0 Å². The lowest BCUT2D eigenvalue weighted by atomic mass is 9.48. The molecule has 144 valence electrons. The largest absolute Gasteiger partial charge is 0.294 e. The Bertz CT molecular complexity index is 790. The second-order valence-electron chi connectivity index (χ2n) is 10.5. The molecule has 3 fully saturated rings. The van der Waals surface area contributed by atoms with Gasteiger partial charge in [0.1, 0.15) is 0 Å². The monoisotopic (exact) mass is 362 g/mol. The van der Waals surface area contributed by atoms with E-state index in [4.69, 9.17) is 0 Å². The number of fused-ring (bicyclic) bond motifs is 5. The van der Waals surface area contributed by atoms with E-state index < -0.39 is 0 Å². The van der Waals surface area contributed by atoms with Crippen LogP contribution in [0, 0.1) is 34.5 Å². The predicted molar refractivity (Wildman–Crippen MR) is 111 cm³/mol. The number of carbonyl (C=O) groups is 1. The minimum atomic E-state index is 0.222. The van der Waals surface area contributed by atoms with E-state index in [2.05, 4.69) is 20.8 Å². The highest BCUT2D eigenvalue weighted by Crippen LogP contribution is 2.68. The first-order valence-corrected chi connectivity index (χ1v) is 11.2. The quantitative estimate of drug-likeness (QED) is 0.416. The average Bonchev–Trinajstić information content (AvgIpc) is 3.18. The van der Waals surface area contributed by atoms with Crippen molar-refractivity contribution in [2.24, 2.45) is 34.5 Å². The smallest absolute Gasteiger partial charge is 0.166 e. The van der Waals surface area contributed by atoms with Crippen molar-refractivity contribution in [2.45, 2.75) is 72.1 Å². The van der Waals surface area contributed by atoms with Gasteiger partial charge in [0, 0.05) is 11.5 Å². The number of allylic oxidation sites excluding steroid dienone is 2. The number of hydrogen-bond acceptors (Lipinski definition) is 1. The van der Waals surface area contributed by atoms with Crippen LogP contribution in [-0.2, 0) is 0 Å². The molecule has 3 saturated carbocycles. The van der Waals surface area contributed by atoms with E-state index in [1.54, 1.807) is 5.57 Å². The Morgan fingerprint density at radius 1 is 0.926 bits per heavy atom. The number of rotatable bonds is 2. The summed E-state index contributed by atoms with van der Waals surface area (Å²) in [5.41, 5.74) is 5.14. The highest BCUT2D eigenvalue weighted by Gasteiger charge is 2.60. The molecule has 5 rings (SSSR count). The molecule has 0 aromatic heterocycles. The summed E-state index contributed by atoms with van der Waals surface area (Å²) in [6.07, 6.45) is 10.4. The van der Waals surface area contributed by atoms with Crippen molar-refractivity contribution in [1.82, 2.24) is 0 Å². The third-order valence-corrected chi connectivity index (χ3v) is 9.58. The van der Waals surface area contributed by atoms with Crippen molar-refractivity contribution >= 4 is 5.78 Å². The SMILES string of the molecule is CC1=C2CC[C@H]3[C@@H]4CC[C@H](C(=O)c5ccccc5)[C@@]4(C)CC[C@@H]3[C@@]2(C)CC1.